The van der Waals surface area contributed by atoms with Gasteiger partial charge in [0.2, 0.25) is 0 Å². The molecule has 130 valence electrons. The Hall–Kier alpha value is -1.81. The Bertz CT molecular complexity index is 915. The second kappa shape index (κ2) is 5.87. The maximum absolute atomic E-state index is 11.4. The minimum absolute atomic E-state index is 0.0454. The number of hydrogen-bond donors (Lipinski definition) is 0. The molecule has 0 fully saturated rings. The fraction of sp³-hybridized carbons (Fsp3) is 0.381. The summed E-state index contributed by atoms with van der Waals surface area (Å²) in [6, 6.07) is 8.51. The number of rotatable bonds is 2. The smallest absolute Gasteiger partial charge is 0.307 e. The van der Waals surface area contributed by atoms with Crippen LogP contribution < -0.4 is 4.74 Å². The zero-order valence-electron chi connectivity index (χ0n) is 14.7. The van der Waals surface area contributed by atoms with Crippen molar-refractivity contribution in [1.29, 1.82) is 0 Å². The van der Waals surface area contributed by atoms with Gasteiger partial charge in [-0.25, -0.2) is 0 Å². The molecule has 25 heavy (non-hydrogen) atoms. The Balaban J connectivity index is 1.85. The zero-order valence-corrected chi connectivity index (χ0v) is 16.3. The number of ether oxygens (including phenoxy) is 2. The molecule has 2 atom stereocenters. The first-order chi connectivity index (χ1) is 11.9. The molecule has 2 unspecified atom stereocenters. The average Bonchev–Trinajstić information content (AvgIpc) is 2.90. The van der Waals surface area contributed by atoms with E-state index in [1.807, 2.05) is 6.07 Å². The Morgan fingerprint density at radius 3 is 2.80 bits per heavy atom. The fourth-order valence-electron chi connectivity index (χ4n) is 4.48. The number of benzene rings is 2. The van der Waals surface area contributed by atoms with Crippen LogP contribution >= 0.6 is 15.9 Å². The summed E-state index contributed by atoms with van der Waals surface area (Å²) in [6.07, 6.45) is 5.03. The molecule has 4 rings (SSSR count). The van der Waals surface area contributed by atoms with Crippen molar-refractivity contribution in [2.75, 3.05) is 7.11 Å². The summed E-state index contributed by atoms with van der Waals surface area (Å²) in [5.41, 5.74) is 2.81. The first-order valence-corrected chi connectivity index (χ1v) is 9.40. The maximum atomic E-state index is 11.4. The summed E-state index contributed by atoms with van der Waals surface area (Å²) in [4.78, 5) is 11.4. The molecular weight excluding hydrogens is 380 g/mol. The van der Waals surface area contributed by atoms with Crippen molar-refractivity contribution in [2.45, 2.75) is 39.0 Å². The SMILES string of the molecule is COc1ccc2c(Br)cc3c(c2c1)CCC1(C)C=C(OC(C)=O)CC31. The van der Waals surface area contributed by atoms with Crippen LogP contribution in [-0.2, 0) is 16.0 Å². The van der Waals surface area contributed by atoms with E-state index in [-0.39, 0.29) is 11.4 Å². The Labute approximate surface area is 156 Å². The van der Waals surface area contributed by atoms with Crippen LogP contribution in [0, 0.1) is 5.41 Å². The van der Waals surface area contributed by atoms with E-state index < -0.39 is 0 Å². The summed E-state index contributed by atoms with van der Waals surface area (Å²) in [5, 5.41) is 2.47. The molecule has 4 heteroatoms. The molecule has 0 aromatic heterocycles. The van der Waals surface area contributed by atoms with E-state index in [0.717, 1.165) is 35.2 Å². The standard InChI is InChI=1S/C21H21BrO3/c1-12(23)25-14-9-19-18-10-20(22)16-5-4-13(24-3)8-17(16)15(18)6-7-21(19,2)11-14/h4-5,8,10-11,19H,6-7,9H2,1-3H3. The third-order valence-corrected chi connectivity index (χ3v) is 6.35. The van der Waals surface area contributed by atoms with Crippen molar-refractivity contribution >= 4 is 32.7 Å². The van der Waals surface area contributed by atoms with Crippen molar-refractivity contribution in [2.24, 2.45) is 5.41 Å². The molecule has 0 amide bonds. The number of carbonyl (C=O) groups excluding carboxylic acids is 1. The molecule has 2 aromatic carbocycles. The normalized spacial score (nSPS) is 24.5. The van der Waals surface area contributed by atoms with Crippen molar-refractivity contribution < 1.29 is 14.3 Å². The van der Waals surface area contributed by atoms with Gasteiger partial charge in [0.15, 0.2) is 0 Å². The van der Waals surface area contributed by atoms with Crippen molar-refractivity contribution in [1.82, 2.24) is 0 Å². The minimum Gasteiger partial charge on any atom is -0.497 e. The van der Waals surface area contributed by atoms with Gasteiger partial charge in [-0.05, 0) is 70.5 Å². The van der Waals surface area contributed by atoms with E-state index in [2.05, 4.69) is 47.1 Å². The largest absolute Gasteiger partial charge is 0.497 e. The second-order valence-corrected chi connectivity index (χ2v) is 8.16. The van der Waals surface area contributed by atoms with Crippen LogP contribution in [0.5, 0.6) is 5.75 Å². The average molecular weight is 401 g/mol. The lowest BCUT2D eigenvalue weighted by Gasteiger charge is -2.37. The first kappa shape index (κ1) is 16.6. The van der Waals surface area contributed by atoms with Gasteiger partial charge in [0.1, 0.15) is 11.5 Å². The molecule has 0 saturated carbocycles. The quantitative estimate of drug-likeness (QED) is 0.624. The molecule has 0 spiro atoms. The lowest BCUT2D eigenvalue weighted by Crippen LogP contribution is -2.26. The summed E-state index contributed by atoms with van der Waals surface area (Å²) in [6.45, 7) is 3.75. The molecule has 0 saturated heterocycles. The van der Waals surface area contributed by atoms with Gasteiger partial charge in [-0.1, -0.05) is 22.9 Å². The maximum Gasteiger partial charge on any atom is 0.307 e. The zero-order chi connectivity index (χ0) is 17.8. The predicted octanol–water partition coefficient (Wildman–Crippen LogP) is 5.50. The third-order valence-electron chi connectivity index (χ3n) is 5.70. The van der Waals surface area contributed by atoms with Crippen LogP contribution in [-0.4, -0.2) is 13.1 Å². The topological polar surface area (TPSA) is 35.5 Å². The van der Waals surface area contributed by atoms with E-state index in [4.69, 9.17) is 9.47 Å². The van der Waals surface area contributed by atoms with Crippen LogP contribution in [0.1, 0.15) is 43.7 Å². The predicted molar refractivity (Wildman–Crippen MR) is 102 cm³/mol. The van der Waals surface area contributed by atoms with E-state index in [0.29, 0.717) is 5.92 Å². The van der Waals surface area contributed by atoms with Crippen molar-refractivity contribution in [3.05, 3.63) is 51.7 Å². The van der Waals surface area contributed by atoms with Crippen molar-refractivity contribution in [3.63, 3.8) is 0 Å². The molecule has 0 heterocycles. The molecule has 0 aliphatic heterocycles. The third kappa shape index (κ3) is 2.67. The van der Waals surface area contributed by atoms with Gasteiger partial charge < -0.3 is 9.47 Å². The molecule has 2 aliphatic carbocycles. The number of halogens is 1. The Morgan fingerprint density at radius 2 is 2.08 bits per heavy atom. The minimum atomic E-state index is -0.238. The van der Waals surface area contributed by atoms with Gasteiger partial charge in [-0.2, -0.15) is 0 Å². The highest BCUT2D eigenvalue weighted by Gasteiger charge is 2.44. The highest BCUT2D eigenvalue weighted by molar-refractivity contribution is 9.10. The van der Waals surface area contributed by atoms with Gasteiger partial charge in [0.05, 0.1) is 7.11 Å². The Morgan fingerprint density at radius 1 is 1.28 bits per heavy atom. The number of carbonyl (C=O) groups is 1. The van der Waals surface area contributed by atoms with Crippen LogP contribution in [0.15, 0.2) is 40.6 Å². The van der Waals surface area contributed by atoms with Gasteiger partial charge in [0.25, 0.3) is 0 Å². The summed E-state index contributed by atoms with van der Waals surface area (Å²) < 4.78 is 12.0. The number of aryl methyl sites for hydroxylation is 1. The molecular formula is C21H21BrO3. The molecule has 3 nitrogen and oxygen atoms in total. The molecule has 0 N–H and O–H groups in total. The lowest BCUT2D eigenvalue weighted by molar-refractivity contribution is -0.137. The second-order valence-electron chi connectivity index (χ2n) is 7.30. The lowest BCUT2D eigenvalue weighted by atomic mass is 9.66. The number of esters is 1. The Kier molecular flexibility index (Phi) is 3.91. The highest BCUT2D eigenvalue weighted by atomic mass is 79.9. The van der Waals surface area contributed by atoms with Crippen LogP contribution in [0.4, 0.5) is 0 Å². The summed E-state index contributed by atoms with van der Waals surface area (Å²) in [5.74, 6) is 1.80. The number of methoxy groups -OCH3 is 1. The summed E-state index contributed by atoms with van der Waals surface area (Å²) >= 11 is 3.75. The van der Waals surface area contributed by atoms with Gasteiger partial charge in [-0.15, -0.1) is 0 Å². The van der Waals surface area contributed by atoms with Gasteiger partial charge in [0, 0.05) is 23.7 Å². The fourth-order valence-corrected chi connectivity index (χ4v) is 5.07. The van der Waals surface area contributed by atoms with Crippen molar-refractivity contribution in [3.8, 4) is 5.75 Å². The van der Waals surface area contributed by atoms with Crippen LogP contribution in [0.2, 0.25) is 0 Å². The molecule has 0 radical (unpaired) electrons. The van der Waals surface area contributed by atoms with Gasteiger partial charge >= 0.3 is 5.97 Å². The summed E-state index contributed by atoms with van der Waals surface area (Å²) in [7, 11) is 1.70. The van der Waals surface area contributed by atoms with E-state index in [1.54, 1.807) is 7.11 Å². The van der Waals surface area contributed by atoms with Gasteiger partial charge in [-0.3, -0.25) is 4.79 Å². The first-order valence-electron chi connectivity index (χ1n) is 8.60. The monoisotopic (exact) mass is 400 g/mol. The number of allylic oxidation sites excluding steroid dienone is 2. The van der Waals surface area contributed by atoms with Crippen LogP contribution in [0.25, 0.3) is 10.8 Å². The van der Waals surface area contributed by atoms with Crippen LogP contribution in [0.3, 0.4) is 0 Å². The number of hydrogen-bond acceptors (Lipinski definition) is 3. The number of fused-ring (bicyclic) bond motifs is 5. The highest BCUT2D eigenvalue weighted by Crippen LogP contribution is 2.56. The molecule has 0 bridgehead atoms. The molecule has 2 aliphatic rings. The van der Waals surface area contributed by atoms with E-state index >= 15 is 0 Å². The van der Waals surface area contributed by atoms with E-state index in [1.165, 1.54) is 28.8 Å². The molecule has 2 aromatic rings. The van der Waals surface area contributed by atoms with E-state index in [9.17, 15) is 4.79 Å².